The van der Waals surface area contributed by atoms with Crippen molar-refractivity contribution in [2.24, 2.45) is 0 Å². The Bertz CT molecular complexity index is 917. The second-order valence-corrected chi connectivity index (χ2v) is 5.60. The van der Waals surface area contributed by atoms with Gasteiger partial charge in [0.25, 0.3) is 11.6 Å². The predicted molar refractivity (Wildman–Crippen MR) is 94.3 cm³/mol. The van der Waals surface area contributed by atoms with Crippen LogP contribution >= 0.6 is 0 Å². The number of non-ortho nitro benzene ring substituents is 1. The van der Waals surface area contributed by atoms with Crippen LogP contribution < -0.4 is 5.32 Å². The highest BCUT2D eigenvalue weighted by Crippen LogP contribution is 2.20. The highest BCUT2D eigenvalue weighted by atomic mass is 16.6. The summed E-state index contributed by atoms with van der Waals surface area (Å²) in [6.07, 6.45) is -0.945. The number of nitrogens with zero attached hydrogens (tertiary/aromatic N) is 1. The number of carbonyl (C=O) groups excluding carboxylic acids is 1. The van der Waals surface area contributed by atoms with Crippen molar-refractivity contribution >= 4 is 22.4 Å². The maximum absolute atomic E-state index is 12.4. The molecule has 0 unspecified atom stereocenters. The fraction of sp³-hybridized carbons (Fsp3) is 0.105. The Morgan fingerprint density at radius 1 is 1.04 bits per heavy atom. The molecule has 2 N–H and O–H groups in total. The van der Waals surface area contributed by atoms with Crippen molar-refractivity contribution in [2.45, 2.75) is 6.10 Å². The fourth-order valence-corrected chi connectivity index (χ4v) is 2.64. The third-order valence-corrected chi connectivity index (χ3v) is 3.98. The average Bonchev–Trinajstić information content (AvgIpc) is 2.65. The smallest absolute Gasteiger partial charge is 0.269 e. The Morgan fingerprint density at radius 2 is 1.72 bits per heavy atom. The molecular formula is C19H16N2O4. The second kappa shape index (κ2) is 7.11. The minimum Gasteiger partial charge on any atom is -0.387 e. The number of aliphatic hydroxyl groups is 1. The van der Waals surface area contributed by atoms with Gasteiger partial charge in [-0.1, -0.05) is 36.4 Å². The van der Waals surface area contributed by atoms with E-state index in [2.05, 4.69) is 5.32 Å². The standard InChI is InChI=1S/C19H16N2O4/c22-18(14-8-10-15(11-9-14)21(24)25)12-20-19(23)17-7-3-5-13-4-1-2-6-16(13)17/h1-11,18,22H,12H2,(H,20,23)/t18-/m0/s1. The molecule has 0 aliphatic rings. The zero-order valence-electron chi connectivity index (χ0n) is 13.3. The Balaban J connectivity index is 1.70. The lowest BCUT2D eigenvalue weighted by atomic mass is 10.0. The molecule has 0 aliphatic heterocycles. The lowest BCUT2D eigenvalue weighted by Gasteiger charge is -2.13. The number of rotatable bonds is 5. The molecule has 0 bridgehead atoms. The van der Waals surface area contributed by atoms with Crippen LogP contribution in [0.3, 0.4) is 0 Å². The summed E-state index contributed by atoms with van der Waals surface area (Å²) in [6, 6.07) is 18.6. The topological polar surface area (TPSA) is 92.5 Å². The summed E-state index contributed by atoms with van der Waals surface area (Å²) in [5.41, 5.74) is 0.994. The molecule has 0 spiro atoms. The molecule has 0 heterocycles. The monoisotopic (exact) mass is 336 g/mol. The normalized spacial score (nSPS) is 11.9. The number of benzene rings is 3. The Kier molecular flexibility index (Phi) is 4.72. The maximum Gasteiger partial charge on any atom is 0.269 e. The summed E-state index contributed by atoms with van der Waals surface area (Å²) >= 11 is 0. The molecule has 3 rings (SSSR count). The lowest BCUT2D eigenvalue weighted by Crippen LogP contribution is -2.28. The zero-order valence-corrected chi connectivity index (χ0v) is 13.3. The molecule has 3 aromatic rings. The SMILES string of the molecule is O=C(NC[C@H](O)c1ccc([N+](=O)[O-])cc1)c1cccc2ccccc12. The van der Waals surface area contributed by atoms with Gasteiger partial charge in [0.1, 0.15) is 0 Å². The fourth-order valence-electron chi connectivity index (χ4n) is 2.64. The predicted octanol–water partition coefficient (Wildman–Crippen LogP) is 3.21. The minimum absolute atomic E-state index is 0.0138. The van der Waals surface area contributed by atoms with Crippen LogP contribution in [0.2, 0.25) is 0 Å². The van der Waals surface area contributed by atoms with E-state index in [1.807, 2.05) is 36.4 Å². The lowest BCUT2D eigenvalue weighted by molar-refractivity contribution is -0.384. The van der Waals surface area contributed by atoms with Crippen molar-refractivity contribution in [1.29, 1.82) is 0 Å². The summed E-state index contributed by atoms with van der Waals surface area (Å²) in [5, 5.41) is 25.3. The van der Waals surface area contributed by atoms with E-state index >= 15 is 0 Å². The van der Waals surface area contributed by atoms with Gasteiger partial charge in [-0.2, -0.15) is 0 Å². The Hall–Kier alpha value is -3.25. The molecule has 0 saturated carbocycles. The average molecular weight is 336 g/mol. The summed E-state index contributed by atoms with van der Waals surface area (Å²) < 4.78 is 0. The Labute approximate surface area is 143 Å². The zero-order chi connectivity index (χ0) is 17.8. The number of nitrogens with one attached hydrogen (secondary N) is 1. The molecule has 1 amide bonds. The van der Waals surface area contributed by atoms with Gasteiger partial charge < -0.3 is 10.4 Å². The summed E-state index contributed by atoms with van der Waals surface area (Å²) in [4.78, 5) is 22.6. The van der Waals surface area contributed by atoms with Crippen LogP contribution in [0.15, 0.2) is 66.7 Å². The number of carbonyl (C=O) groups is 1. The van der Waals surface area contributed by atoms with Gasteiger partial charge in [-0.25, -0.2) is 0 Å². The molecule has 0 saturated heterocycles. The van der Waals surface area contributed by atoms with Gasteiger partial charge in [0, 0.05) is 24.2 Å². The molecule has 3 aromatic carbocycles. The van der Waals surface area contributed by atoms with E-state index in [0.29, 0.717) is 11.1 Å². The van der Waals surface area contributed by atoms with E-state index in [0.717, 1.165) is 10.8 Å². The largest absolute Gasteiger partial charge is 0.387 e. The second-order valence-electron chi connectivity index (χ2n) is 5.60. The van der Waals surface area contributed by atoms with Crippen LogP contribution in [0.1, 0.15) is 22.0 Å². The summed E-state index contributed by atoms with van der Waals surface area (Å²) in [7, 11) is 0. The number of amides is 1. The number of nitro benzene ring substituents is 1. The van der Waals surface area contributed by atoms with Crippen molar-refractivity contribution < 1.29 is 14.8 Å². The number of hydrogen-bond acceptors (Lipinski definition) is 4. The van der Waals surface area contributed by atoms with E-state index in [4.69, 9.17) is 0 Å². The van der Waals surface area contributed by atoms with Gasteiger partial charge in [0.05, 0.1) is 11.0 Å². The van der Waals surface area contributed by atoms with Gasteiger partial charge in [-0.3, -0.25) is 14.9 Å². The van der Waals surface area contributed by atoms with Crippen LogP contribution in [0.4, 0.5) is 5.69 Å². The molecule has 6 nitrogen and oxygen atoms in total. The van der Waals surface area contributed by atoms with E-state index in [1.165, 1.54) is 24.3 Å². The Morgan fingerprint density at radius 3 is 2.44 bits per heavy atom. The van der Waals surface area contributed by atoms with Crippen molar-refractivity contribution in [3.8, 4) is 0 Å². The van der Waals surface area contributed by atoms with Crippen molar-refractivity contribution in [3.63, 3.8) is 0 Å². The third kappa shape index (κ3) is 3.64. The van der Waals surface area contributed by atoms with Crippen LogP contribution in [-0.4, -0.2) is 22.5 Å². The van der Waals surface area contributed by atoms with Crippen LogP contribution in [0.5, 0.6) is 0 Å². The van der Waals surface area contributed by atoms with E-state index in [-0.39, 0.29) is 18.1 Å². The molecule has 0 aromatic heterocycles. The number of fused-ring (bicyclic) bond motifs is 1. The number of nitro groups is 1. The molecule has 6 heteroatoms. The minimum atomic E-state index is -0.945. The molecule has 25 heavy (non-hydrogen) atoms. The molecular weight excluding hydrogens is 320 g/mol. The maximum atomic E-state index is 12.4. The first kappa shape index (κ1) is 16.6. The van der Waals surface area contributed by atoms with Crippen molar-refractivity contribution in [2.75, 3.05) is 6.54 Å². The molecule has 0 radical (unpaired) electrons. The highest BCUT2D eigenvalue weighted by Gasteiger charge is 2.14. The van der Waals surface area contributed by atoms with Gasteiger partial charge in [-0.05, 0) is 34.5 Å². The van der Waals surface area contributed by atoms with Crippen LogP contribution in [0.25, 0.3) is 10.8 Å². The first-order chi connectivity index (χ1) is 12.1. The van der Waals surface area contributed by atoms with Gasteiger partial charge >= 0.3 is 0 Å². The quantitative estimate of drug-likeness (QED) is 0.553. The third-order valence-electron chi connectivity index (χ3n) is 3.98. The van der Waals surface area contributed by atoms with E-state index in [9.17, 15) is 20.0 Å². The number of hydrogen-bond donors (Lipinski definition) is 2. The molecule has 1 atom stereocenters. The van der Waals surface area contributed by atoms with Crippen LogP contribution in [-0.2, 0) is 0 Å². The molecule has 126 valence electrons. The first-order valence-electron chi connectivity index (χ1n) is 7.74. The van der Waals surface area contributed by atoms with Crippen LogP contribution in [0, 0.1) is 10.1 Å². The van der Waals surface area contributed by atoms with E-state index in [1.54, 1.807) is 6.07 Å². The summed E-state index contributed by atoms with van der Waals surface area (Å²) in [5.74, 6) is -0.280. The van der Waals surface area contributed by atoms with Gasteiger partial charge in [0.2, 0.25) is 0 Å². The molecule has 0 aliphatic carbocycles. The number of aliphatic hydroxyl groups excluding tert-OH is 1. The van der Waals surface area contributed by atoms with Crippen molar-refractivity contribution in [1.82, 2.24) is 5.32 Å². The van der Waals surface area contributed by atoms with Gasteiger partial charge in [0.15, 0.2) is 0 Å². The first-order valence-corrected chi connectivity index (χ1v) is 7.74. The van der Waals surface area contributed by atoms with Gasteiger partial charge in [-0.15, -0.1) is 0 Å². The molecule has 0 fully saturated rings. The van der Waals surface area contributed by atoms with E-state index < -0.39 is 11.0 Å². The highest BCUT2D eigenvalue weighted by molar-refractivity contribution is 6.07. The van der Waals surface area contributed by atoms with Crippen molar-refractivity contribution in [3.05, 3.63) is 88.0 Å². The summed E-state index contributed by atoms with van der Waals surface area (Å²) in [6.45, 7) is 0.0138.